The predicted molar refractivity (Wildman–Crippen MR) is 108 cm³/mol. The van der Waals surface area contributed by atoms with Crippen molar-refractivity contribution in [3.63, 3.8) is 0 Å². The molecule has 8 heteroatoms. The van der Waals surface area contributed by atoms with Crippen molar-refractivity contribution in [2.45, 2.75) is 25.7 Å². The molecular weight excluding hydrogens is 362 g/mol. The van der Waals surface area contributed by atoms with Crippen molar-refractivity contribution in [2.24, 2.45) is 0 Å². The zero-order chi connectivity index (χ0) is 19.4. The molecule has 0 aliphatic carbocycles. The van der Waals surface area contributed by atoms with Gasteiger partial charge in [0.2, 0.25) is 10.0 Å². The normalized spacial score (nSPS) is 15.7. The maximum Gasteiger partial charge on any atom is 0.243 e. The van der Waals surface area contributed by atoms with E-state index in [-0.39, 0.29) is 0 Å². The lowest BCUT2D eigenvalue weighted by molar-refractivity contribution is 0.383. The standard InChI is InChI=1S/C19H27N5O2S/c1-4-22(5-2)18-9-10-19(21-20-18)23-11-13-24(14-12-23)27(25,26)17-8-6-7-16(3)15-17/h6-10,15H,4-5,11-14H2,1-3H3. The summed E-state index contributed by atoms with van der Waals surface area (Å²) in [5.41, 5.74) is 0.943. The van der Waals surface area contributed by atoms with E-state index < -0.39 is 10.0 Å². The van der Waals surface area contributed by atoms with E-state index in [1.807, 2.05) is 25.1 Å². The summed E-state index contributed by atoms with van der Waals surface area (Å²) in [5.74, 6) is 1.66. The van der Waals surface area contributed by atoms with Crippen LogP contribution in [0.4, 0.5) is 11.6 Å². The van der Waals surface area contributed by atoms with Crippen LogP contribution in [0, 0.1) is 6.92 Å². The van der Waals surface area contributed by atoms with E-state index in [0.717, 1.165) is 30.3 Å². The minimum absolute atomic E-state index is 0.360. The molecule has 0 N–H and O–H groups in total. The van der Waals surface area contributed by atoms with E-state index in [1.165, 1.54) is 0 Å². The van der Waals surface area contributed by atoms with E-state index in [0.29, 0.717) is 31.1 Å². The van der Waals surface area contributed by atoms with E-state index in [4.69, 9.17) is 0 Å². The van der Waals surface area contributed by atoms with Crippen molar-refractivity contribution in [1.82, 2.24) is 14.5 Å². The van der Waals surface area contributed by atoms with Crippen LogP contribution in [0.2, 0.25) is 0 Å². The Morgan fingerprint density at radius 1 is 1.00 bits per heavy atom. The van der Waals surface area contributed by atoms with E-state index in [1.54, 1.807) is 22.5 Å². The van der Waals surface area contributed by atoms with E-state index in [2.05, 4.69) is 33.8 Å². The topological polar surface area (TPSA) is 69.6 Å². The largest absolute Gasteiger partial charge is 0.356 e. The highest BCUT2D eigenvalue weighted by molar-refractivity contribution is 7.89. The molecular formula is C19H27N5O2S. The van der Waals surface area contributed by atoms with Crippen molar-refractivity contribution >= 4 is 21.7 Å². The molecule has 1 saturated heterocycles. The first-order chi connectivity index (χ1) is 13.0. The number of sulfonamides is 1. The van der Waals surface area contributed by atoms with Crippen LogP contribution in [-0.4, -0.2) is 62.2 Å². The number of nitrogens with zero attached hydrogens (tertiary/aromatic N) is 5. The zero-order valence-electron chi connectivity index (χ0n) is 16.2. The molecule has 1 fully saturated rings. The van der Waals surface area contributed by atoms with Crippen LogP contribution >= 0.6 is 0 Å². The molecule has 0 saturated carbocycles. The van der Waals surface area contributed by atoms with Crippen molar-refractivity contribution in [3.8, 4) is 0 Å². The first kappa shape index (κ1) is 19.6. The molecule has 3 rings (SSSR count). The molecule has 0 bridgehead atoms. The highest BCUT2D eigenvalue weighted by atomic mass is 32.2. The summed E-state index contributed by atoms with van der Waals surface area (Å²) < 4.78 is 27.2. The van der Waals surface area contributed by atoms with E-state index >= 15 is 0 Å². The lowest BCUT2D eigenvalue weighted by atomic mass is 10.2. The van der Waals surface area contributed by atoms with Crippen LogP contribution in [0.25, 0.3) is 0 Å². The Labute approximate surface area is 161 Å². The van der Waals surface area contributed by atoms with Gasteiger partial charge in [0.05, 0.1) is 4.90 Å². The second-order valence-electron chi connectivity index (χ2n) is 6.63. The monoisotopic (exact) mass is 389 g/mol. The van der Waals surface area contributed by atoms with Crippen LogP contribution in [0.5, 0.6) is 0 Å². The van der Waals surface area contributed by atoms with Crippen LogP contribution < -0.4 is 9.80 Å². The van der Waals surface area contributed by atoms with Gasteiger partial charge in [0.1, 0.15) is 0 Å². The summed E-state index contributed by atoms with van der Waals surface area (Å²) in [6, 6.07) is 11.0. The minimum atomic E-state index is -3.45. The average molecular weight is 390 g/mol. The van der Waals surface area contributed by atoms with Gasteiger partial charge in [-0.2, -0.15) is 4.31 Å². The molecule has 2 aromatic rings. The fourth-order valence-corrected chi connectivity index (χ4v) is 4.81. The third-order valence-electron chi connectivity index (χ3n) is 4.91. The predicted octanol–water partition coefficient (Wildman–Crippen LogP) is 2.14. The molecule has 0 amide bonds. The SMILES string of the molecule is CCN(CC)c1ccc(N2CCN(S(=O)(=O)c3cccc(C)c3)CC2)nn1. The first-order valence-corrected chi connectivity index (χ1v) is 10.8. The molecule has 0 atom stereocenters. The van der Waals surface area contributed by atoms with Crippen LogP contribution in [0.3, 0.4) is 0 Å². The van der Waals surface area contributed by atoms with Gasteiger partial charge in [-0.05, 0) is 50.6 Å². The van der Waals surface area contributed by atoms with Gasteiger partial charge in [0.15, 0.2) is 11.6 Å². The summed E-state index contributed by atoms with van der Waals surface area (Å²) in [6.45, 7) is 9.94. The van der Waals surface area contributed by atoms with Crippen molar-refractivity contribution < 1.29 is 8.42 Å². The lowest BCUT2D eigenvalue weighted by Gasteiger charge is -2.34. The third-order valence-corrected chi connectivity index (χ3v) is 6.81. The quantitative estimate of drug-likeness (QED) is 0.754. The van der Waals surface area contributed by atoms with Crippen molar-refractivity contribution in [2.75, 3.05) is 49.1 Å². The Hall–Kier alpha value is -2.19. The van der Waals surface area contributed by atoms with Gasteiger partial charge >= 0.3 is 0 Å². The highest BCUT2D eigenvalue weighted by Crippen LogP contribution is 2.21. The molecule has 27 heavy (non-hydrogen) atoms. The Bertz CT molecular complexity index is 858. The molecule has 1 aliphatic heterocycles. The van der Waals surface area contributed by atoms with Gasteiger partial charge in [-0.15, -0.1) is 10.2 Å². The number of anilines is 2. The number of hydrogen-bond acceptors (Lipinski definition) is 6. The van der Waals surface area contributed by atoms with Crippen molar-refractivity contribution in [3.05, 3.63) is 42.0 Å². The number of benzene rings is 1. The van der Waals surface area contributed by atoms with Gasteiger partial charge in [-0.1, -0.05) is 12.1 Å². The van der Waals surface area contributed by atoms with E-state index in [9.17, 15) is 8.42 Å². The summed E-state index contributed by atoms with van der Waals surface area (Å²) >= 11 is 0. The summed E-state index contributed by atoms with van der Waals surface area (Å²) in [4.78, 5) is 4.59. The highest BCUT2D eigenvalue weighted by Gasteiger charge is 2.29. The average Bonchev–Trinajstić information content (AvgIpc) is 2.69. The molecule has 1 aliphatic rings. The fourth-order valence-electron chi connectivity index (χ4n) is 3.29. The minimum Gasteiger partial charge on any atom is -0.356 e. The Morgan fingerprint density at radius 2 is 1.70 bits per heavy atom. The maximum atomic E-state index is 12.8. The van der Waals surface area contributed by atoms with Crippen LogP contribution in [0.1, 0.15) is 19.4 Å². The first-order valence-electron chi connectivity index (χ1n) is 9.36. The number of aromatic nitrogens is 2. The molecule has 0 unspecified atom stereocenters. The van der Waals surface area contributed by atoms with Gasteiger partial charge in [0, 0.05) is 39.3 Å². The summed E-state index contributed by atoms with van der Waals surface area (Å²) in [7, 11) is -3.45. The summed E-state index contributed by atoms with van der Waals surface area (Å²) in [5, 5.41) is 8.67. The van der Waals surface area contributed by atoms with Gasteiger partial charge < -0.3 is 9.80 Å². The second kappa shape index (κ2) is 8.22. The Balaban J connectivity index is 1.66. The zero-order valence-corrected chi connectivity index (χ0v) is 17.0. The van der Waals surface area contributed by atoms with Crippen LogP contribution in [-0.2, 0) is 10.0 Å². The lowest BCUT2D eigenvalue weighted by Crippen LogP contribution is -2.49. The van der Waals surface area contributed by atoms with Gasteiger partial charge in [-0.3, -0.25) is 0 Å². The second-order valence-corrected chi connectivity index (χ2v) is 8.57. The smallest absolute Gasteiger partial charge is 0.243 e. The molecule has 0 radical (unpaired) electrons. The van der Waals surface area contributed by atoms with Crippen LogP contribution in [0.15, 0.2) is 41.3 Å². The Kier molecular flexibility index (Phi) is 5.96. The fraction of sp³-hybridized carbons (Fsp3) is 0.474. The molecule has 1 aromatic heterocycles. The molecule has 0 spiro atoms. The summed E-state index contributed by atoms with van der Waals surface area (Å²) in [6.07, 6.45) is 0. The Morgan fingerprint density at radius 3 is 2.26 bits per heavy atom. The number of piperazine rings is 1. The molecule has 146 valence electrons. The molecule has 7 nitrogen and oxygen atoms in total. The van der Waals surface area contributed by atoms with Crippen molar-refractivity contribution in [1.29, 1.82) is 0 Å². The molecule has 2 heterocycles. The van der Waals surface area contributed by atoms with Gasteiger partial charge in [-0.25, -0.2) is 8.42 Å². The number of rotatable bonds is 6. The maximum absolute atomic E-state index is 12.8. The number of hydrogen-bond donors (Lipinski definition) is 0. The van der Waals surface area contributed by atoms with Gasteiger partial charge in [0.25, 0.3) is 0 Å². The number of aryl methyl sites for hydroxylation is 1. The third kappa shape index (κ3) is 4.22. The molecule has 1 aromatic carbocycles.